The highest BCUT2D eigenvalue weighted by Crippen LogP contribution is 2.30. The highest BCUT2D eigenvalue weighted by atomic mass is 32.1. The largest absolute Gasteiger partial charge is 0.292 e. The Bertz CT molecular complexity index is 312. The number of hydrogen-bond acceptors (Lipinski definition) is 4. The van der Waals surface area contributed by atoms with Crippen LogP contribution in [-0.2, 0) is 0 Å². The summed E-state index contributed by atoms with van der Waals surface area (Å²) < 4.78 is 17.7. The third-order valence-corrected chi connectivity index (χ3v) is 3.55. The summed E-state index contributed by atoms with van der Waals surface area (Å²) in [5.41, 5.74) is -0.0895. The van der Waals surface area contributed by atoms with Crippen LogP contribution < -0.4 is 0 Å². The summed E-state index contributed by atoms with van der Waals surface area (Å²) in [5.74, 6) is 0. The molecule has 5 heteroatoms. The van der Waals surface area contributed by atoms with E-state index in [0.717, 1.165) is 18.7 Å². The lowest BCUT2D eigenvalue weighted by atomic mass is 9.95. The molecule has 2 rings (SSSR count). The van der Waals surface area contributed by atoms with Crippen molar-refractivity contribution in [3.63, 3.8) is 0 Å². The van der Waals surface area contributed by atoms with Crippen LogP contribution in [0.3, 0.4) is 0 Å². The summed E-state index contributed by atoms with van der Waals surface area (Å²) in [5, 5.41) is 5.98. The van der Waals surface area contributed by atoms with E-state index in [9.17, 15) is 4.39 Å². The first kappa shape index (κ1) is 11.0. The van der Waals surface area contributed by atoms with Crippen molar-refractivity contribution in [1.29, 1.82) is 0 Å². The minimum atomic E-state index is -1.05. The Kier molecular flexibility index (Phi) is 3.02. The van der Waals surface area contributed by atoms with Gasteiger partial charge in [0.15, 0.2) is 0 Å². The molecule has 1 fully saturated rings. The maximum atomic E-state index is 13.8. The van der Waals surface area contributed by atoms with Crippen molar-refractivity contribution in [1.82, 2.24) is 14.5 Å². The van der Waals surface area contributed by atoms with Crippen LogP contribution in [0.2, 0.25) is 0 Å². The van der Waals surface area contributed by atoms with Crippen LogP contribution >= 0.6 is 11.5 Å². The predicted molar refractivity (Wildman–Crippen MR) is 58.6 cm³/mol. The molecule has 1 aliphatic rings. The second-order valence-electron chi connectivity index (χ2n) is 4.49. The molecule has 0 spiro atoms. The highest BCUT2D eigenvalue weighted by Gasteiger charge is 2.33. The number of piperidine rings is 1. The average Bonchev–Trinajstić information content (AvgIpc) is 2.67. The van der Waals surface area contributed by atoms with Crippen LogP contribution in [0.15, 0.2) is 5.38 Å². The van der Waals surface area contributed by atoms with Crippen molar-refractivity contribution in [2.45, 2.75) is 38.4 Å². The average molecular weight is 229 g/mol. The molecular formula is C10H16FN3S. The molecule has 0 aliphatic carbocycles. The fourth-order valence-corrected chi connectivity index (χ4v) is 2.64. The number of nitrogens with zero attached hydrogens (tertiary/aromatic N) is 3. The first-order valence-corrected chi connectivity index (χ1v) is 6.12. The van der Waals surface area contributed by atoms with Crippen molar-refractivity contribution in [3.05, 3.63) is 11.1 Å². The lowest BCUT2D eigenvalue weighted by Gasteiger charge is -2.38. The van der Waals surface area contributed by atoms with Gasteiger partial charge in [0.2, 0.25) is 0 Å². The topological polar surface area (TPSA) is 29.0 Å². The van der Waals surface area contributed by atoms with Gasteiger partial charge in [-0.15, -0.1) is 5.10 Å². The smallest absolute Gasteiger partial charge is 0.121 e. The van der Waals surface area contributed by atoms with Gasteiger partial charge in [-0.3, -0.25) is 4.90 Å². The van der Waals surface area contributed by atoms with E-state index in [0.29, 0.717) is 13.0 Å². The van der Waals surface area contributed by atoms with E-state index in [2.05, 4.69) is 21.4 Å². The molecule has 0 saturated carbocycles. The van der Waals surface area contributed by atoms with Crippen LogP contribution in [0, 0.1) is 0 Å². The molecule has 1 aromatic heterocycles. The summed E-state index contributed by atoms with van der Waals surface area (Å²) in [4.78, 5) is 2.15. The third-order valence-electron chi connectivity index (χ3n) is 3.03. The van der Waals surface area contributed by atoms with Crippen molar-refractivity contribution in [3.8, 4) is 0 Å². The lowest BCUT2D eigenvalue weighted by Crippen LogP contribution is -2.44. The Labute approximate surface area is 93.5 Å². The zero-order chi connectivity index (χ0) is 10.9. The monoisotopic (exact) mass is 229 g/mol. The molecule has 84 valence electrons. The molecule has 1 aromatic rings. The predicted octanol–water partition coefficient (Wildman–Crippen LogP) is 2.42. The van der Waals surface area contributed by atoms with E-state index < -0.39 is 5.67 Å². The molecule has 1 saturated heterocycles. The normalized spacial score (nSPS) is 30.3. The molecule has 2 heterocycles. The molecule has 0 radical (unpaired) electrons. The maximum absolute atomic E-state index is 13.8. The standard InChI is InChI=1S/C10H16FN3S/c1-8(9-6-15-13-12-9)14-5-3-4-10(2,11)7-14/h6,8H,3-5,7H2,1-2H3/t8-,10-/m1/s1. The van der Waals surface area contributed by atoms with E-state index in [1.165, 1.54) is 11.5 Å². The summed E-state index contributed by atoms with van der Waals surface area (Å²) in [6.45, 7) is 5.22. The molecule has 0 unspecified atom stereocenters. The van der Waals surface area contributed by atoms with Crippen molar-refractivity contribution < 1.29 is 4.39 Å². The van der Waals surface area contributed by atoms with Gasteiger partial charge in [-0.1, -0.05) is 4.49 Å². The molecule has 0 amide bonds. The van der Waals surface area contributed by atoms with Crippen molar-refractivity contribution in [2.24, 2.45) is 0 Å². The van der Waals surface area contributed by atoms with Crippen molar-refractivity contribution >= 4 is 11.5 Å². The van der Waals surface area contributed by atoms with Gasteiger partial charge in [0.1, 0.15) is 5.67 Å². The van der Waals surface area contributed by atoms with Crippen LogP contribution in [0.4, 0.5) is 4.39 Å². The molecule has 0 aromatic carbocycles. The van der Waals surface area contributed by atoms with Crippen LogP contribution in [0.25, 0.3) is 0 Å². The molecular weight excluding hydrogens is 213 g/mol. The number of likely N-dealkylation sites (tertiary alicyclic amines) is 1. The minimum Gasteiger partial charge on any atom is -0.292 e. The number of alkyl halides is 1. The maximum Gasteiger partial charge on any atom is 0.121 e. The third kappa shape index (κ3) is 2.52. The molecule has 2 atom stereocenters. The van der Waals surface area contributed by atoms with Gasteiger partial charge in [-0.25, -0.2) is 4.39 Å². The fraction of sp³-hybridized carbons (Fsp3) is 0.800. The Morgan fingerprint density at radius 1 is 1.67 bits per heavy atom. The van der Waals surface area contributed by atoms with Gasteiger partial charge in [-0.05, 0) is 44.8 Å². The molecule has 0 N–H and O–H groups in total. The quantitative estimate of drug-likeness (QED) is 0.780. The first-order chi connectivity index (χ1) is 7.08. The minimum absolute atomic E-state index is 0.180. The Morgan fingerprint density at radius 2 is 2.47 bits per heavy atom. The lowest BCUT2D eigenvalue weighted by molar-refractivity contribution is 0.0380. The fourth-order valence-electron chi connectivity index (χ4n) is 2.10. The SMILES string of the molecule is C[C@H](c1csnn1)N1CCC[C@@](C)(F)C1. The zero-order valence-corrected chi connectivity index (χ0v) is 9.93. The number of hydrogen-bond donors (Lipinski definition) is 0. The number of aromatic nitrogens is 2. The van der Waals surface area contributed by atoms with Gasteiger partial charge in [0, 0.05) is 11.9 Å². The van der Waals surface area contributed by atoms with Crippen LogP contribution in [0.5, 0.6) is 0 Å². The summed E-state index contributed by atoms with van der Waals surface area (Å²) in [6, 6.07) is 0.180. The van der Waals surface area contributed by atoms with Crippen LogP contribution in [-0.4, -0.2) is 33.2 Å². The highest BCUT2D eigenvalue weighted by molar-refractivity contribution is 7.03. The van der Waals surface area contributed by atoms with Gasteiger partial charge >= 0.3 is 0 Å². The zero-order valence-electron chi connectivity index (χ0n) is 9.11. The second kappa shape index (κ2) is 4.14. The van der Waals surface area contributed by atoms with E-state index in [4.69, 9.17) is 0 Å². The second-order valence-corrected chi connectivity index (χ2v) is 5.10. The van der Waals surface area contributed by atoms with Crippen LogP contribution in [0.1, 0.15) is 38.4 Å². The molecule has 3 nitrogen and oxygen atoms in total. The van der Waals surface area contributed by atoms with E-state index in [-0.39, 0.29) is 6.04 Å². The summed E-state index contributed by atoms with van der Waals surface area (Å²) in [6.07, 6.45) is 1.60. The number of halogens is 1. The summed E-state index contributed by atoms with van der Waals surface area (Å²) >= 11 is 1.35. The molecule has 1 aliphatic heterocycles. The number of rotatable bonds is 2. The Morgan fingerprint density at radius 3 is 3.07 bits per heavy atom. The van der Waals surface area contributed by atoms with E-state index >= 15 is 0 Å². The Hall–Kier alpha value is -0.550. The first-order valence-electron chi connectivity index (χ1n) is 5.28. The van der Waals surface area contributed by atoms with E-state index in [1.807, 2.05) is 5.38 Å². The van der Waals surface area contributed by atoms with Gasteiger partial charge in [0.05, 0.1) is 11.7 Å². The molecule has 0 bridgehead atoms. The molecule has 15 heavy (non-hydrogen) atoms. The van der Waals surface area contributed by atoms with Crippen molar-refractivity contribution in [2.75, 3.05) is 13.1 Å². The van der Waals surface area contributed by atoms with E-state index in [1.54, 1.807) is 6.92 Å². The Balaban J connectivity index is 2.04. The summed E-state index contributed by atoms with van der Waals surface area (Å²) in [7, 11) is 0. The van der Waals surface area contributed by atoms with Gasteiger partial charge < -0.3 is 0 Å². The van der Waals surface area contributed by atoms with Gasteiger partial charge in [0.25, 0.3) is 0 Å². The van der Waals surface area contributed by atoms with Gasteiger partial charge in [-0.2, -0.15) is 0 Å².